The number of carbonyl (C=O) groups is 2. The molecule has 0 aliphatic carbocycles. The predicted octanol–water partition coefficient (Wildman–Crippen LogP) is 12.1. The summed E-state index contributed by atoms with van der Waals surface area (Å²) in [5, 5.41) is 39.1. The quantitative estimate of drug-likeness (QED) is 0.0916. The zero-order valence-electron chi connectivity index (χ0n) is 24.2. The Bertz CT molecular complexity index is 2180. The van der Waals surface area contributed by atoms with E-state index < -0.39 is 11.9 Å². The van der Waals surface area contributed by atoms with Crippen LogP contribution in [0.2, 0.25) is 0 Å². The maximum atomic E-state index is 11.9. The summed E-state index contributed by atoms with van der Waals surface area (Å²) in [5.41, 5.74) is 16.5. The Morgan fingerprint density at radius 2 is 0.812 bits per heavy atom. The number of halogens is 4. The molecule has 0 amide bonds. The summed E-state index contributed by atoms with van der Waals surface area (Å²) in [4.78, 5) is 23.8. The van der Waals surface area contributed by atoms with Gasteiger partial charge >= 0.3 is 11.9 Å². The lowest BCUT2D eigenvalue weighted by Gasteiger charge is -2.11. The standard InChI is InChI=1S/C34H20Br4N6O4/c35-23-9-15(10-24(36)31(23)43-41-27-13-21(33(45)46)17-5-1-3-7-19(17)29(27)39)16-11-25(37)32(26(38)12-16)44-42-28-14-22(34(47)48)18-6-2-4-8-20(18)30(28)40/h1-14H,39-40H2,(H,45,46)(H,47,48). The third-order valence-electron chi connectivity index (χ3n) is 7.47. The summed E-state index contributed by atoms with van der Waals surface area (Å²) in [7, 11) is 0. The first-order valence-corrected chi connectivity index (χ1v) is 17.0. The van der Waals surface area contributed by atoms with Crippen LogP contribution in [0, 0.1) is 0 Å². The Balaban J connectivity index is 1.32. The lowest BCUT2D eigenvalue weighted by molar-refractivity contribution is 0.0688. The van der Waals surface area contributed by atoms with E-state index in [-0.39, 0.29) is 22.5 Å². The molecule has 0 radical (unpaired) electrons. The van der Waals surface area contributed by atoms with Gasteiger partial charge in [-0.15, -0.1) is 20.5 Å². The Morgan fingerprint density at radius 3 is 1.12 bits per heavy atom. The predicted molar refractivity (Wildman–Crippen MR) is 202 cm³/mol. The number of benzene rings is 6. The largest absolute Gasteiger partial charge is 0.478 e. The van der Waals surface area contributed by atoms with E-state index in [0.717, 1.165) is 11.1 Å². The van der Waals surface area contributed by atoms with Crippen LogP contribution in [0.5, 0.6) is 0 Å². The fraction of sp³-hybridized carbons (Fsp3) is 0. The monoisotopic (exact) mass is 892 g/mol. The van der Waals surface area contributed by atoms with E-state index in [0.29, 0.717) is 62.2 Å². The molecule has 10 nitrogen and oxygen atoms in total. The number of fused-ring (bicyclic) bond motifs is 2. The normalized spacial score (nSPS) is 11.7. The van der Waals surface area contributed by atoms with Crippen molar-refractivity contribution in [3.8, 4) is 11.1 Å². The minimum atomic E-state index is -1.09. The van der Waals surface area contributed by atoms with Gasteiger partial charge in [-0.05, 0) is 122 Å². The van der Waals surface area contributed by atoms with Crippen molar-refractivity contribution in [1.82, 2.24) is 0 Å². The van der Waals surface area contributed by atoms with Crippen molar-refractivity contribution in [1.29, 1.82) is 0 Å². The molecule has 0 atom stereocenters. The molecule has 0 saturated heterocycles. The van der Waals surface area contributed by atoms with Gasteiger partial charge < -0.3 is 21.7 Å². The van der Waals surface area contributed by atoms with E-state index in [1.54, 1.807) is 48.5 Å². The van der Waals surface area contributed by atoms with Crippen molar-refractivity contribution in [2.45, 2.75) is 0 Å². The highest BCUT2D eigenvalue weighted by Crippen LogP contribution is 2.44. The summed E-state index contributed by atoms with van der Waals surface area (Å²) < 4.78 is 2.46. The number of rotatable bonds is 7. The Hall–Kier alpha value is -4.50. The molecular weight excluding hydrogens is 876 g/mol. The van der Waals surface area contributed by atoms with Crippen LogP contribution in [0.15, 0.2) is 123 Å². The number of anilines is 2. The van der Waals surface area contributed by atoms with Gasteiger partial charge in [0.1, 0.15) is 22.7 Å². The van der Waals surface area contributed by atoms with E-state index in [1.165, 1.54) is 12.1 Å². The second-order valence-corrected chi connectivity index (χ2v) is 13.8. The Labute approximate surface area is 306 Å². The van der Waals surface area contributed by atoms with Crippen LogP contribution in [0.1, 0.15) is 20.7 Å². The van der Waals surface area contributed by atoms with Crippen molar-refractivity contribution in [2.24, 2.45) is 20.5 Å². The topological polar surface area (TPSA) is 176 Å². The molecule has 6 N–H and O–H groups in total. The molecule has 0 aliphatic rings. The van der Waals surface area contributed by atoms with E-state index in [2.05, 4.69) is 84.2 Å². The number of carboxylic acids is 2. The Morgan fingerprint density at radius 1 is 0.500 bits per heavy atom. The number of hydrogen-bond donors (Lipinski definition) is 4. The highest BCUT2D eigenvalue weighted by atomic mass is 79.9. The van der Waals surface area contributed by atoms with Gasteiger partial charge in [-0.25, -0.2) is 9.59 Å². The number of aromatic carboxylic acids is 2. The Kier molecular flexibility index (Phi) is 9.43. The van der Waals surface area contributed by atoms with Gasteiger partial charge in [-0.2, -0.15) is 0 Å². The van der Waals surface area contributed by atoms with Crippen LogP contribution in [0.3, 0.4) is 0 Å². The molecule has 238 valence electrons. The van der Waals surface area contributed by atoms with Crippen molar-refractivity contribution in [3.05, 3.63) is 114 Å². The molecule has 0 saturated carbocycles. The SMILES string of the molecule is Nc1c(N=Nc2c(Br)cc(-c3cc(Br)c(N=Nc4cc(C(=O)O)c5ccccc5c4N)c(Br)c3)cc2Br)cc(C(=O)O)c2ccccc12. The molecule has 48 heavy (non-hydrogen) atoms. The summed E-state index contributed by atoms with van der Waals surface area (Å²) >= 11 is 14.3. The van der Waals surface area contributed by atoms with Gasteiger partial charge in [0.2, 0.25) is 0 Å². The third kappa shape index (κ3) is 6.35. The van der Waals surface area contributed by atoms with Crippen molar-refractivity contribution >= 4 is 131 Å². The zero-order chi connectivity index (χ0) is 34.3. The summed E-state index contributed by atoms with van der Waals surface area (Å²) in [6.45, 7) is 0. The summed E-state index contributed by atoms with van der Waals surface area (Å²) in [6, 6.07) is 24.2. The molecule has 0 spiro atoms. The lowest BCUT2D eigenvalue weighted by atomic mass is 10.0. The molecule has 14 heteroatoms. The number of nitrogen functional groups attached to an aromatic ring is 2. The fourth-order valence-corrected chi connectivity index (χ4v) is 7.84. The van der Waals surface area contributed by atoms with Gasteiger partial charge in [-0.1, -0.05) is 48.5 Å². The molecule has 0 bridgehead atoms. The highest BCUT2D eigenvalue weighted by Gasteiger charge is 2.18. The number of carboxylic acid groups (broad SMARTS) is 2. The fourth-order valence-electron chi connectivity index (χ4n) is 5.15. The molecule has 6 aromatic carbocycles. The van der Waals surface area contributed by atoms with Crippen molar-refractivity contribution in [3.63, 3.8) is 0 Å². The molecule has 0 aliphatic heterocycles. The van der Waals surface area contributed by atoms with Crippen molar-refractivity contribution in [2.75, 3.05) is 11.5 Å². The van der Waals surface area contributed by atoms with Gasteiger partial charge in [0, 0.05) is 28.7 Å². The molecule has 0 unspecified atom stereocenters. The third-order valence-corrected chi connectivity index (χ3v) is 9.89. The van der Waals surface area contributed by atoms with E-state index >= 15 is 0 Å². The van der Waals surface area contributed by atoms with Crippen LogP contribution in [0.4, 0.5) is 34.1 Å². The summed E-state index contributed by atoms with van der Waals surface area (Å²) in [6.07, 6.45) is 0. The minimum absolute atomic E-state index is 0.0760. The van der Waals surface area contributed by atoms with Crippen molar-refractivity contribution < 1.29 is 19.8 Å². The maximum absolute atomic E-state index is 11.9. The molecule has 0 fully saturated rings. The minimum Gasteiger partial charge on any atom is -0.478 e. The van der Waals surface area contributed by atoms with Gasteiger partial charge in [0.15, 0.2) is 0 Å². The zero-order valence-corrected chi connectivity index (χ0v) is 30.6. The lowest BCUT2D eigenvalue weighted by Crippen LogP contribution is -1.99. The first-order chi connectivity index (χ1) is 22.9. The van der Waals surface area contributed by atoms with Crippen LogP contribution in [0.25, 0.3) is 32.7 Å². The average molecular weight is 896 g/mol. The number of nitrogens with two attached hydrogens (primary N) is 2. The van der Waals surface area contributed by atoms with Crippen LogP contribution in [-0.4, -0.2) is 22.2 Å². The van der Waals surface area contributed by atoms with Gasteiger partial charge in [-0.3, -0.25) is 0 Å². The van der Waals surface area contributed by atoms with Crippen LogP contribution >= 0.6 is 63.7 Å². The van der Waals surface area contributed by atoms with E-state index in [4.69, 9.17) is 11.5 Å². The molecule has 0 aromatic heterocycles. The molecular formula is C34H20Br4N6O4. The molecule has 0 heterocycles. The average Bonchev–Trinajstić information content (AvgIpc) is 3.05. The van der Waals surface area contributed by atoms with E-state index in [1.807, 2.05) is 24.3 Å². The number of nitrogens with zero attached hydrogens (tertiary/aromatic N) is 4. The first-order valence-electron chi connectivity index (χ1n) is 13.9. The van der Waals surface area contributed by atoms with Crippen LogP contribution in [-0.2, 0) is 0 Å². The molecule has 6 rings (SSSR count). The van der Waals surface area contributed by atoms with Gasteiger partial charge in [0.25, 0.3) is 0 Å². The second-order valence-electron chi connectivity index (χ2n) is 10.4. The van der Waals surface area contributed by atoms with Crippen LogP contribution < -0.4 is 11.5 Å². The van der Waals surface area contributed by atoms with Gasteiger partial charge in [0.05, 0.1) is 22.5 Å². The molecule has 6 aromatic rings. The second kappa shape index (κ2) is 13.5. The summed E-state index contributed by atoms with van der Waals surface area (Å²) in [5.74, 6) is -2.19. The number of azo groups is 2. The maximum Gasteiger partial charge on any atom is 0.336 e. The smallest absolute Gasteiger partial charge is 0.336 e. The highest BCUT2D eigenvalue weighted by molar-refractivity contribution is 9.11. The number of hydrogen-bond acceptors (Lipinski definition) is 8. The first kappa shape index (κ1) is 33.4. The van der Waals surface area contributed by atoms with E-state index in [9.17, 15) is 19.8 Å².